The molecule has 0 aromatic carbocycles. The molecule has 18 heavy (non-hydrogen) atoms. The van der Waals surface area contributed by atoms with Gasteiger partial charge in [0.05, 0.1) is 17.7 Å². The summed E-state index contributed by atoms with van der Waals surface area (Å²) in [6.07, 6.45) is 1.31. The molecule has 0 aliphatic carbocycles. The predicted molar refractivity (Wildman–Crippen MR) is 69.9 cm³/mol. The van der Waals surface area contributed by atoms with Crippen LogP contribution in [0.5, 0.6) is 0 Å². The Morgan fingerprint density at radius 1 is 1.33 bits per heavy atom. The molecule has 0 fully saturated rings. The Balaban J connectivity index is 2.09. The van der Waals surface area contributed by atoms with E-state index in [9.17, 15) is 8.42 Å². The molecule has 0 aliphatic heterocycles. The maximum atomic E-state index is 11.9. The molecule has 0 atom stereocenters. The highest BCUT2D eigenvalue weighted by Crippen LogP contribution is 2.11. The molecule has 96 valence electrons. The number of aromatic nitrogens is 2. The van der Waals surface area contributed by atoms with Crippen LogP contribution in [0, 0.1) is 0 Å². The first-order valence-electron chi connectivity index (χ1n) is 5.12. The normalized spacial score (nSPS) is 11.4. The summed E-state index contributed by atoms with van der Waals surface area (Å²) >= 11 is 1.42. The molecule has 2 heterocycles. The molecule has 2 rings (SSSR count). The summed E-state index contributed by atoms with van der Waals surface area (Å²) in [5, 5.41) is 4.62. The van der Waals surface area contributed by atoms with Gasteiger partial charge >= 0.3 is 0 Å². The van der Waals surface area contributed by atoms with Crippen molar-refractivity contribution in [3.05, 3.63) is 34.9 Å². The van der Waals surface area contributed by atoms with E-state index in [1.807, 2.05) is 0 Å². The van der Waals surface area contributed by atoms with Gasteiger partial charge in [0.1, 0.15) is 10.7 Å². The Morgan fingerprint density at radius 3 is 2.72 bits per heavy atom. The van der Waals surface area contributed by atoms with Crippen molar-refractivity contribution in [3.63, 3.8) is 0 Å². The zero-order valence-corrected chi connectivity index (χ0v) is 11.3. The van der Waals surface area contributed by atoms with Gasteiger partial charge in [-0.1, -0.05) is 0 Å². The van der Waals surface area contributed by atoms with Gasteiger partial charge in [-0.25, -0.2) is 23.1 Å². The number of hydrogen-bond donors (Lipinski definition) is 2. The van der Waals surface area contributed by atoms with E-state index >= 15 is 0 Å². The van der Waals surface area contributed by atoms with Gasteiger partial charge in [0.15, 0.2) is 0 Å². The molecule has 0 saturated carbocycles. The van der Waals surface area contributed by atoms with Crippen molar-refractivity contribution in [1.82, 2.24) is 14.7 Å². The second-order valence-electron chi connectivity index (χ2n) is 3.43. The van der Waals surface area contributed by atoms with Crippen molar-refractivity contribution in [2.75, 3.05) is 12.4 Å². The molecule has 6 nitrogen and oxygen atoms in total. The van der Waals surface area contributed by atoms with E-state index in [-0.39, 0.29) is 11.4 Å². The van der Waals surface area contributed by atoms with Crippen LogP contribution in [-0.2, 0) is 16.6 Å². The Kier molecular flexibility index (Phi) is 3.90. The molecule has 0 unspecified atom stereocenters. The van der Waals surface area contributed by atoms with Crippen LogP contribution >= 0.6 is 11.3 Å². The number of pyridine rings is 1. The molecule has 2 aromatic heterocycles. The van der Waals surface area contributed by atoms with Crippen LogP contribution in [-0.4, -0.2) is 25.4 Å². The van der Waals surface area contributed by atoms with Gasteiger partial charge in [0.2, 0.25) is 10.0 Å². The minimum atomic E-state index is -3.54. The molecule has 0 radical (unpaired) electrons. The van der Waals surface area contributed by atoms with E-state index in [0.29, 0.717) is 11.5 Å². The Bertz CT molecular complexity index is 593. The Hall–Kier alpha value is -1.51. The van der Waals surface area contributed by atoms with E-state index in [1.54, 1.807) is 24.0 Å². The molecule has 0 bridgehead atoms. The largest absolute Gasteiger partial charge is 0.373 e. The second kappa shape index (κ2) is 5.42. The van der Waals surface area contributed by atoms with Crippen LogP contribution in [0.1, 0.15) is 5.69 Å². The van der Waals surface area contributed by atoms with Crippen LogP contribution in [0.15, 0.2) is 34.1 Å². The summed E-state index contributed by atoms with van der Waals surface area (Å²) in [5.41, 5.74) is 2.36. The molecular weight excluding hydrogens is 272 g/mol. The van der Waals surface area contributed by atoms with Gasteiger partial charge in [0.25, 0.3) is 0 Å². The number of hydrogen-bond acceptors (Lipinski definition) is 6. The third-order valence-electron chi connectivity index (χ3n) is 2.23. The van der Waals surface area contributed by atoms with Gasteiger partial charge < -0.3 is 5.32 Å². The van der Waals surface area contributed by atoms with E-state index in [2.05, 4.69) is 20.0 Å². The highest BCUT2D eigenvalue weighted by molar-refractivity contribution is 7.89. The number of thiazole rings is 1. The van der Waals surface area contributed by atoms with Crippen molar-refractivity contribution >= 4 is 27.2 Å². The molecule has 0 aliphatic rings. The lowest BCUT2D eigenvalue weighted by Crippen LogP contribution is -2.23. The molecule has 2 N–H and O–H groups in total. The first-order chi connectivity index (χ1) is 8.62. The van der Waals surface area contributed by atoms with E-state index < -0.39 is 10.0 Å². The zero-order valence-electron chi connectivity index (χ0n) is 9.62. The highest BCUT2D eigenvalue weighted by Gasteiger charge is 2.14. The quantitative estimate of drug-likeness (QED) is 0.857. The maximum Gasteiger partial charge on any atom is 0.242 e. The third-order valence-corrected chi connectivity index (χ3v) is 4.25. The lowest BCUT2D eigenvalue weighted by atomic mass is 10.5. The van der Waals surface area contributed by atoms with Gasteiger partial charge in [-0.3, -0.25) is 0 Å². The molecule has 8 heteroatoms. The second-order valence-corrected chi connectivity index (χ2v) is 5.92. The zero-order chi connectivity index (χ0) is 13.0. The Labute approximate surface area is 109 Å². The number of rotatable bonds is 5. The predicted octanol–water partition coefficient (Wildman–Crippen LogP) is 1.06. The molecule has 0 spiro atoms. The summed E-state index contributed by atoms with van der Waals surface area (Å²) < 4.78 is 26.3. The molecule has 2 aromatic rings. The minimum Gasteiger partial charge on any atom is -0.373 e. The molecular formula is C10H12N4O2S2. The van der Waals surface area contributed by atoms with Gasteiger partial charge in [-0.2, -0.15) is 0 Å². The number of nitrogens with one attached hydrogen (secondary N) is 2. The van der Waals surface area contributed by atoms with Crippen LogP contribution in [0.25, 0.3) is 0 Å². The standard InChI is InChI=1S/C10H12N4O2S2/c1-11-10-3-2-9(5-12-10)18(15,16)14-4-8-6-17-7-13-8/h2-3,5-7,14H,4H2,1H3,(H,11,12). The van der Waals surface area contributed by atoms with Crippen LogP contribution in [0.4, 0.5) is 5.82 Å². The van der Waals surface area contributed by atoms with E-state index in [0.717, 1.165) is 0 Å². The van der Waals surface area contributed by atoms with Crippen LogP contribution < -0.4 is 10.0 Å². The number of sulfonamides is 1. The fourth-order valence-electron chi connectivity index (χ4n) is 1.26. The third kappa shape index (κ3) is 3.03. The summed E-state index contributed by atoms with van der Waals surface area (Å²) in [6.45, 7) is 0.180. The average Bonchev–Trinajstić information content (AvgIpc) is 2.90. The van der Waals surface area contributed by atoms with Crippen molar-refractivity contribution in [2.24, 2.45) is 0 Å². The molecule has 0 amide bonds. The van der Waals surface area contributed by atoms with E-state index in [4.69, 9.17) is 0 Å². The lowest BCUT2D eigenvalue weighted by Gasteiger charge is -2.05. The van der Waals surface area contributed by atoms with E-state index in [1.165, 1.54) is 23.6 Å². The van der Waals surface area contributed by atoms with Crippen molar-refractivity contribution in [3.8, 4) is 0 Å². The maximum absolute atomic E-state index is 11.9. The fraction of sp³-hybridized carbons (Fsp3) is 0.200. The first-order valence-corrected chi connectivity index (χ1v) is 7.55. The average molecular weight is 284 g/mol. The summed E-state index contributed by atoms with van der Waals surface area (Å²) in [6, 6.07) is 3.11. The summed E-state index contributed by atoms with van der Waals surface area (Å²) in [5.74, 6) is 0.619. The number of anilines is 1. The van der Waals surface area contributed by atoms with Gasteiger partial charge in [-0.15, -0.1) is 11.3 Å². The fourth-order valence-corrected chi connectivity index (χ4v) is 2.77. The Morgan fingerprint density at radius 2 is 2.17 bits per heavy atom. The van der Waals surface area contributed by atoms with Crippen molar-refractivity contribution in [1.29, 1.82) is 0 Å². The first kappa shape index (κ1) is 12.9. The topological polar surface area (TPSA) is 84.0 Å². The SMILES string of the molecule is CNc1ccc(S(=O)(=O)NCc2cscn2)cn1. The van der Waals surface area contributed by atoms with Crippen LogP contribution in [0.3, 0.4) is 0 Å². The number of nitrogens with zero attached hydrogens (tertiary/aromatic N) is 2. The smallest absolute Gasteiger partial charge is 0.242 e. The lowest BCUT2D eigenvalue weighted by molar-refractivity contribution is 0.580. The molecule has 0 saturated heterocycles. The summed E-state index contributed by atoms with van der Waals surface area (Å²) in [7, 11) is -1.82. The summed E-state index contributed by atoms with van der Waals surface area (Å²) in [4.78, 5) is 8.11. The van der Waals surface area contributed by atoms with Crippen molar-refractivity contribution < 1.29 is 8.42 Å². The minimum absolute atomic E-state index is 0.136. The monoisotopic (exact) mass is 284 g/mol. The highest BCUT2D eigenvalue weighted by atomic mass is 32.2. The van der Waals surface area contributed by atoms with Crippen molar-refractivity contribution in [2.45, 2.75) is 11.4 Å². The van der Waals surface area contributed by atoms with Crippen LogP contribution in [0.2, 0.25) is 0 Å². The van der Waals surface area contributed by atoms with Gasteiger partial charge in [-0.05, 0) is 12.1 Å². The van der Waals surface area contributed by atoms with Gasteiger partial charge in [0, 0.05) is 18.6 Å².